The van der Waals surface area contributed by atoms with Gasteiger partial charge in [0, 0.05) is 26.8 Å². The van der Waals surface area contributed by atoms with Crippen molar-refractivity contribution in [2.75, 3.05) is 0 Å². The number of nitrogens with one attached hydrogen (secondary N) is 1. The van der Waals surface area contributed by atoms with Crippen molar-refractivity contribution < 1.29 is 0 Å². The number of rotatable bonds is 4. The first kappa shape index (κ1) is 12.8. The van der Waals surface area contributed by atoms with Crippen LogP contribution in [0.2, 0.25) is 0 Å². The average Bonchev–Trinajstić information content (AvgIpc) is 2.74. The van der Waals surface area contributed by atoms with Gasteiger partial charge in [-0.2, -0.15) is 0 Å². The van der Waals surface area contributed by atoms with E-state index in [-0.39, 0.29) is 0 Å². The summed E-state index contributed by atoms with van der Waals surface area (Å²) >= 11 is 5.43. The van der Waals surface area contributed by atoms with E-state index in [1.165, 1.54) is 19.8 Å². The molecule has 0 aliphatic carbocycles. The van der Waals surface area contributed by atoms with E-state index in [0.29, 0.717) is 6.04 Å². The van der Waals surface area contributed by atoms with Crippen molar-refractivity contribution in [3.05, 3.63) is 56.2 Å². The summed E-state index contributed by atoms with van der Waals surface area (Å²) in [5, 5.41) is 3.55. The molecule has 0 fully saturated rings. The molecule has 1 atom stereocenters. The number of benzene rings is 1. The van der Waals surface area contributed by atoms with Gasteiger partial charge in [0.2, 0.25) is 0 Å². The third-order valence-electron chi connectivity index (χ3n) is 2.74. The monoisotopic (exact) mass is 309 g/mol. The first-order valence-corrected chi connectivity index (χ1v) is 7.31. The van der Waals surface area contributed by atoms with Crippen molar-refractivity contribution in [3.8, 4) is 0 Å². The van der Waals surface area contributed by atoms with Crippen LogP contribution in [0.1, 0.15) is 28.3 Å². The zero-order valence-corrected chi connectivity index (χ0v) is 12.4. The maximum atomic E-state index is 3.57. The molecule has 0 spiro atoms. The first-order chi connectivity index (χ1) is 8.16. The summed E-state index contributed by atoms with van der Waals surface area (Å²) in [6.07, 6.45) is 0. The predicted octanol–water partition coefficient (Wildman–Crippen LogP) is 4.67. The lowest BCUT2D eigenvalue weighted by Gasteiger charge is -2.13. The van der Waals surface area contributed by atoms with Crippen LogP contribution < -0.4 is 5.32 Å². The van der Waals surface area contributed by atoms with Crippen molar-refractivity contribution in [1.82, 2.24) is 5.32 Å². The van der Waals surface area contributed by atoms with Crippen molar-refractivity contribution in [1.29, 1.82) is 0 Å². The molecular weight excluding hydrogens is 294 g/mol. The topological polar surface area (TPSA) is 12.0 Å². The van der Waals surface area contributed by atoms with E-state index in [2.05, 4.69) is 65.4 Å². The zero-order valence-electron chi connectivity index (χ0n) is 10.0. The van der Waals surface area contributed by atoms with Crippen LogP contribution in [0.3, 0.4) is 0 Å². The normalized spacial score (nSPS) is 12.6. The van der Waals surface area contributed by atoms with Crippen LogP contribution >= 0.6 is 27.3 Å². The number of hydrogen-bond acceptors (Lipinski definition) is 2. The highest BCUT2D eigenvalue weighted by Gasteiger charge is 2.07. The van der Waals surface area contributed by atoms with E-state index < -0.39 is 0 Å². The van der Waals surface area contributed by atoms with Gasteiger partial charge in [-0.3, -0.25) is 0 Å². The van der Waals surface area contributed by atoms with Crippen LogP contribution in [0, 0.1) is 6.92 Å². The van der Waals surface area contributed by atoms with Gasteiger partial charge in [0.15, 0.2) is 0 Å². The molecule has 0 aliphatic rings. The van der Waals surface area contributed by atoms with Gasteiger partial charge in [-0.05, 0) is 37.6 Å². The van der Waals surface area contributed by atoms with Crippen LogP contribution in [0.25, 0.3) is 0 Å². The largest absolute Gasteiger partial charge is 0.305 e. The number of thiophene rings is 1. The lowest BCUT2D eigenvalue weighted by molar-refractivity contribution is 0.582. The summed E-state index contributed by atoms with van der Waals surface area (Å²) < 4.78 is 1.17. The molecule has 0 saturated heterocycles. The Bertz CT molecular complexity index is 492. The molecule has 17 heavy (non-hydrogen) atoms. The highest BCUT2D eigenvalue weighted by molar-refractivity contribution is 9.10. The van der Waals surface area contributed by atoms with E-state index in [9.17, 15) is 0 Å². The minimum Gasteiger partial charge on any atom is -0.305 e. The maximum absolute atomic E-state index is 3.57. The Morgan fingerprint density at radius 3 is 2.65 bits per heavy atom. The molecule has 3 heteroatoms. The van der Waals surface area contributed by atoms with Gasteiger partial charge >= 0.3 is 0 Å². The van der Waals surface area contributed by atoms with Crippen LogP contribution in [-0.2, 0) is 6.54 Å². The standard InChI is InChI=1S/C14H16BrNS/c1-10-7-8-14(17-10)11(2)16-9-12-5-3-4-6-13(12)15/h3-8,11,16H,9H2,1-2H3. The molecule has 1 aromatic carbocycles. The van der Waals surface area contributed by atoms with Crippen molar-refractivity contribution in [3.63, 3.8) is 0 Å². The quantitative estimate of drug-likeness (QED) is 0.865. The molecule has 1 nitrogen and oxygen atoms in total. The van der Waals surface area contributed by atoms with Crippen LogP contribution in [-0.4, -0.2) is 0 Å². The lowest BCUT2D eigenvalue weighted by atomic mass is 10.2. The molecule has 0 saturated carbocycles. The fourth-order valence-electron chi connectivity index (χ4n) is 1.69. The van der Waals surface area contributed by atoms with E-state index >= 15 is 0 Å². The Morgan fingerprint density at radius 1 is 1.24 bits per heavy atom. The highest BCUT2D eigenvalue weighted by Crippen LogP contribution is 2.23. The maximum Gasteiger partial charge on any atom is 0.0388 e. The minimum atomic E-state index is 0.404. The van der Waals surface area contributed by atoms with E-state index in [1.807, 2.05) is 17.4 Å². The second-order valence-corrected chi connectivity index (χ2v) is 6.32. The summed E-state index contributed by atoms with van der Waals surface area (Å²) in [6, 6.07) is 13.1. The number of hydrogen-bond donors (Lipinski definition) is 1. The first-order valence-electron chi connectivity index (χ1n) is 5.70. The third kappa shape index (κ3) is 3.41. The molecule has 1 unspecified atom stereocenters. The predicted molar refractivity (Wildman–Crippen MR) is 78.5 cm³/mol. The van der Waals surface area contributed by atoms with Crippen LogP contribution in [0.4, 0.5) is 0 Å². The molecule has 2 aromatic rings. The van der Waals surface area contributed by atoms with Gasteiger partial charge in [0.1, 0.15) is 0 Å². The summed E-state index contributed by atoms with van der Waals surface area (Å²) in [6.45, 7) is 5.25. The van der Waals surface area contributed by atoms with Gasteiger partial charge in [0.25, 0.3) is 0 Å². The Labute approximate surface area is 115 Å². The lowest BCUT2D eigenvalue weighted by Crippen LogP contribution is -2.17. The smallest absolute Gasteiger partial charge is 0.0388 e. The molecular formula is C14H16BrNS. The number of aryl methyl sites for hydroxylation is 1. The molecule has 0 amide bonds. The Balaban J connectivity index is 1.97. The zero-order chi connectivity index (χ0) is 12.3. The Kier molecular flexibility index (Phi) is 4.37. The summed E-state index contributed by atoms with van der Waals surface area (Å²) in [5.41, 5.74) is 1.30. The molecule has 2 rings (SSSR count). The van der Waals surface area contributed by atoms with Crippen molar-refractivity contribution >= 4 is 27.3 Å². The summed E-state index contributed by atoms with van der Waals surface area (Å²) in [5.74, 6) is 0. The van der Waals surface area contributed by atoms with Crippen LogP contribution in [0.15, 0.2) is 40.9 Å². The average molecular weight is 310 g/mol. The SMILES string of the molecule is Cc1ccc(C(C)NCc2ccccc2Br)s1. The third-order valence-corrected chi connectivity index (χ3v) is 4.70. The Hall–Kier alpha value is -0.640. The summed E-state index contributed by atoms with van der Waals surface area (Å²) in [4.78, 5) is 2.77. The molecule has 0 radical (unpaired) electrons. The summed E-state index contributed by atoms with van der Waals surface area (Å²) in [7, 11) is 0. The van der Waals surface area contributed by atoms with Gasteiger partial charge < -0.3 is 5.32 Å². The fourth-order valence-corrected chi connectivity index (χ4v) is 3.02. The second-order valence-electron chi connectivity index (χ2n) is 4.14. The molecule has 1 aromatic heterocycles. The molecule has 1 N–H and O–H groups in total. The molecule has 1 heterocycles. The van der Waals surface area contributed by atoms with E-state index in [4.69, 9.17) is 0 Å². The minimum absolute atomic E-state index is 0.404. The van der Waals surface area contributed by atoms with Gasteiger partial charge in [0.05, 0.1) is 0 Å². The van der Waals surface area contributed by atoms with Gasteiger partial charge in [-0.1, -0.05) is 34.1 Å². The molecule has 90 valence electrons. The van der Waals surface area contributed by atoms with Crippen molar-refractivity contribution in [2.24, 2.45) is 0 Å². The van der Waals surface area contributed by atoms with Crippen LogP contribution in [0.5, 0.6) is 0 Å². The van der Waals surface area contributed by atoms with E-state index in [1.54, 1.807) is 0 Å². The Morgan fingerprint density at radius 2 is 2.00 bits per heavy atom. The molecule has 0 bridgehead atoms. The number of halogens is 1. The fraction of sp³-hybridized carbons (Fsp3) is 0.286. The van der Waals surface area contributed by atoms with E-state index in [0.717, 1.165) is 6.54 Å². The van der Waals surface area contributed by atoms with Gasteiger partial charge in [-0.15, -0.1) is 11.3 Å². The highest BCUT2D eigenvalue weighted by atomic mass is 79.9. The van der Waals surface area contributed by atoms with Crippen molar-refractivity contribution in [2.45, 2.75) is 26.4 Å². The van der Waals surface area contributed by atoms with Gasteiger partial charge in [-0.25, -0.2) is 0 Å². The second kappa shape index (κ2) is 5.80. The molecule has 0 aliphatic heterocycles.